The molecule has 1 saturated heterocycles. The van der Waals surface area contributed by atoms with Crippen molar-refractivity contribution in [2.24, 2.45) is 0 Å². The van der Waals surface area contributed by atoms with E-state index in [0.29, 0.717) is 0 Å². The summed E-state index contributed by atoms with van der Waals surface area (Å²) in [6, 6.07) is 2.35. The van der Waals surface area contributed by atoms with Gasteiger partial charge in [0, 0.05) is 65.1 Å². The van der Waals surface area contributed by atoms with Gasteiger partial charge in [0.2, 0.25) is 0 Å². The molecule has 5 rings (SSSR count). The fraction of sp³-hybridized carbons (Fsp3) is 0.500. The van der Waals surface area contributed by atoms with E-state index in [1.165, 1.54) is 33.7 Å². The van der Waals surface area contributed by atoms with Crippen LogP contribution in [0.1, 0.15) is 24.0 Å². The maximum absolute atomic E-state index is 4.78. The number of fused-ring (bicyclic) bond motifs is 1. The van der Waals surface area contributed by atoms with Crippen molar-refractivity contribution >= 4 is 11.4 Å². The van der Waals surface area contributed by atoms with Crippen molar-refractivity contribution in [2.75, 3.05) is 59.2 Å². The van der Waals surface area contributed by atoms with Gasteiger partial charge in [0.1, 0.15) is 5.82 Å². The number of allylic oxidation sites excluding steroid dienone is 4. The van der Waals surface area contributed by atoms with E-state index in [0.717, 1.165) is 57.9 Å². The molecule has 1 aromatic heterocycles. The fourth-order valence-corrected chi connectivity index (χ4v) is 4.75. The molecule has 0 aromatic carbocycles. The molecule has 4 aliphatic rings. The fourth-order valence-electron chi connectivity index (χ4n) is 4.75. The minimum absolute atomic E-state index is 0.838. The lowest BCUT2D eigenvalue weighted by molar-refractivity contribution is 0.148. The highest BCUT2D eigenvalue weighted by Crippen LogP contribution is 2.39. The molecule has 0 atom stereocenters. The van der Waals surface area contributed by atoms with E-state index in [2.05, 4.69) is 70.0 Å². The summed E-state index contributed by atoms with van der Waals surface area (Å²) in [5.41, 5.74) is 11.3. The van der Waals surface area contributed by atoms with Gasteiger partial charge >= 0.3 is 0 Å². The van der Waals surface area contributed by atoms with E-state index in [1.54, 1.807) is 0 Å². The largest absolute Gasteiger partial charge is 0.366 e. The van der Waals surface area contributed by atoms with E-state index in [-0.39, 0.29) is 0 Å². The standard InChI is InChI=1S/C22H31N7/c1-26-8-10-29(11-9-26)15-16-12-19-18(6-7-23-22(19)24-14-16)17-4-5-20-21(13-17)28(3)25-27(20)2/h6,12-14,25H,4-5,7-11,15H2,1-3H3,(H,23,24). The Balaban J connectivity index is 1.41. The molecule has 7 heteroatoms. The number of aromatic nitrogens is 1. The van der Waals surface area contributed by atoms with Gasteiger partial charge in [-0.15, -0.1) is 5.53 Å². The van der Waals surface area contributed by atoms with Gasteiger partial charge in [-0.25, -0.2) is 4.98 Å². The number of pyridine rings is 1. The molecule has 4 heterocycles. The third-order valence-electron chi connectivity index (χ3n) is 6.46. The molecule has 1 fully saturated rings. The normalized spacial score (nSPS) is 22.9. The van der Waals surface area contributed by atoms with E-state index >= 15 is 0 Å². The average Bonchev–Trinajstić information content (AvgIpc) is 3.02. The van der Waals surface area contributed by atoms with Gasteiger partial charge in [-0.3, -0.25) is 14.9 Å². The molecule has 7 nitrogen and oxygen atoms in total. The molecule has 154 valence electrons. The first-order chi connectivity index (χ1) is 14.1. The number of rotatable bonds is 3. The molecular weight excluding hydrogens is 362 g/mol. The molecular formula is C22H31N7. The van der Waals surface area contributed by atoms with Crippen LogP contribution in [0.15, 0.2) is 41.4 Å². The Morgan fingerprint density at radius 2 is 1.86 bits per heavy atom. The third kappa shape index (κ3) is 3.54. The molecule has 0 bridgehead atoms. The highest BCUT2D eigenvalue weighted by Gasteiger charge is 2.28. The van der Waals surface area contributed by atoms with Gasteiger partial charge in [-0.05, 0) is 48.7 Å². The summed E-state index contributed by atoms with van der Waals surface area (Å²) in [7, 11) is 6.37. The summed E-state index contributed by atoms with van der Waals surface area (Å²) >= 11 is 0. The van der Waals surface area contributed by atoms with Crippen molar-refractivity contribution in [1.29, 1.82) is 0 Å². The Kier molecular flexibility index (Phi) is 4.81. The van der Waals surface area contributed by atoms with Crippen molar-refractivity contribution in [1.82, 2.24) is 30.3 Å². The van der Waals surface area contributed by atoms with Crippen LogP contribution in [-0.4, -0.2) is 78.7 Å². The van der Waals surface area contributed by atoms with Crippen LogP contribution in [-0.2, 0) is 6.54 Å². The first-order valence-corrected chi connectivity index (χ1v) is 10.6. The Labute approximate surface area is 173 Å². The lowest BCUT2D eigenvalue weighted by atomic mass is 9.88. The number of hydrogen-bond donors (Lipinski definition) is 2. The van der Waals surface area contributed by atoms with E-state index in [1.807, 2.05) is 6.20 Å². The van der Waals surface area contributed by atoms with Gasteiger partial charge < -0.3 is 10.2 Å². The Morgan fingerprint density at radius 3 is 2.69 bits per heavy atom. The van der Waals surface area contributed by atoms with Crippen LogP contribution in [0, 0.1) is 0 Å². The number of hydrogen-bond acceptors (Lipinski definition) is 7. The highest BCUT2D eigenvalue weighted by atomic mass is 15.8. The van der Waals surface area contributed by atoms with Crippen LogP contribution in [0.3, 0.4) is 0 Å². The average molecular weight is 394 g/mol. The van der Waals surface area contributed by atoms with Crippen LogP contribution in [0.2, 0.25) is 0 Å². The Bertz CT molecular complexity index is 892. The lowest BCUT2D eigenvalue weighted by Crippen LogP contribution is -2.43. The highest BCUT2D eigenvalue weighted by molar-refractivity contribution is 5.87. The number of hydrazine groups is 2. The first-order valence-electron chi connectivity index (χ1n) is 10.6. The monoisotopic (exact) mass is 393 g/mol. The van der Waals surface area contributed by atoms with E-state index in [9.17, 15) is 0 Å². The summed E-state index contributed by atoms with van der Waals surface area (Å²) in [5, 5.41) is 7.69. The summed E-state index contributed by atoms with van der Waals surface area (Å²) in [4.78, 5) is 9.72. The summed E-state index contributed by atoms with van der Waals surface area (Å²) < 4.78 is 0. The predicted molar refractivity (Wildman–Crippen MR) is 116 cm³/mol. The number of likely N-dealkylation sites (N-methyl/N-ethyl adjacent to an activating group) is 2. The number of nitrogens with zero attached hydrogens (tertiary/aromatic N) is 5. The smallest absolute Gasteiger partial charge is 0.134 e. The first kappa shape index (κ1) is 18.7. The van der Waals surface area contributed by atoms with Crippen LogP contribution < -0.4 is 10.9 Å². The van der Waals surface area contributed by atoms with Crippen molar-refractivity contribution in [2.45, 2.75) is 19.4 Å². The summed E-state index contributed by atoms with van der Waals surface area (Å²) in [6.45, 7) is 6.36. The molecule has 1 aromatic rings. The molecule has 0 radical (unpaired) electrons. The maximum atomic E-state index is 4.78. The zero-order valence-corrected chi connectivity index (χ0v) is 17.7. The molecule has 0 amide bonds. The van der Waals surface area contributed by atoms with Gasteiger partial charge in [0.15, 0.2) is 0 Å². The quantitative estimate of drug-likeness (QED) is 0.813. The van der Waals surface area contributed by atoms with Gasteiger partial charge in [0.25, 0.3) is 0 Å². The molecule has 0 saturated carbocycles. The number of nitrogens with one attached hydrogen (secondary N) is 2. The Morgan fingerprint density at radius 1 is 1.03 bits per heavy atom. The third-order valence-corrected chi connectivity index (χ3v) is 6.46. The van der Waals surface area contributed by atoms with E-state index in [4.69, 9.17) is 4.98 Å². The van der Waals surface area contributed by atoms with Crippen LogP contribution in [0.4, 0.5) is 5.82 Å². The topological polar surface area (TPSA) is 49.9 Å². The van der Waals surface area contributed by atoms with Crippen LogP contribution in [0.5, 0.6) is 0 Å². The molecule has 0 spiro atoms. The zero-order valence-electron chi connectivity index (χ0n) is 17.7. The van der Waals surface area contributed by atoms with Gasteiger partial charge in [-0.2, -0.15) is 0 Å². The molecule has 1 aliphatic carbocycles. The minimum Gasteiger partial charge on any atom is -0.366 e. The summed E-state index contributed by atoms with van der Waals surface area (Å²) in [6.07, 6.45) is 8.85. The van der Waals surface area contributed by atoms with Crippen molar-refractivity contribution in [3.63, 3.8) is 0 Å². The number of piperazine rings is 1. The summed E-state index contributed by atoms with van der Waals surface area (Å²) in [5.74, 6) is 1.01. The minimum atomic E-state index is 0.838. The molecule has 29 heavy (non-hydrogen) atoms. The van der Waals surface area contributed by atoms with Gasteiger partial charge in [0.05, 0.1) is 11.4 Å². The Hall–Kier alpha value is -2.35. The predicted octanol–water partition coefficient (Wildman–Crippen LogP) is 1.87. The second-order valence-corrected chi connectivity index (χ2v) is 8.54. The van der Waals surface area contributed by atoms with Crippen LogP contribution in [0.25, 0.3) is 5.57 Å². The van der Waals surface area contributed by atoms with E-state index < -0.39 is 0 Å². The van der Waals surface area contributed by atoms with Crippen molar-refractivity contribution in [3.8, 4) is 0 Å². The second-order valence-electron chi connectivity index (χ2n) is 8.54. The molecule has 2 N–H and O–H groups in total. The van der Waals surface area contributed by atoms with Gasteiger partial charge in [-0.1, -0.05) is 6.08 Å². The number of anilines is 1. The van der Waals surface area contributed by atoms with Crippen LogP contribution >= 0.6 is 0 Å². The maximum Gasteiger partial charge on any atom is 0.134 e. The van der Waals surface area contributed by atoms with Crippen molar-refractivity contribution in [3.05, 3.63) is 52.5 Å². The molecule has 3 aliphatic heterocycles. The second kappa shape index (κ2) is 7.48. The lowest BCUT2D eigenvalue weighted by Gasteiger charge is -2.32. The zero-order chi connectivity index (χ0) is 20.0. The van der Waals surface area contributed by atoms with Crippen molar-refractivity contribution < 1.29 is 0 Å². The molecule has 0 unspecified atom stereocenters. The SMILES string of the molecule is CN1CCN(Cc2cnc3c(c2)C(C2=CC4=C(CC2)N(C)NN4C)=CCN3)CC1.